The average Bonchev–Trinajstić information content (AvgIpc) is 2.42. The minimum Gasteiger partial charge on any atom is -0.508 e. The Morgan fingerprint density at radius 1 is 1.15 bits per heavy atom. The maximum atomic E-state index is 9.23. The van der Waals surface area contributed by atoms with Crippen LogP contribution < -0.4 is 5.43 Å². The second-order valence-corrected chi connectivity index (χ2v) is 5.12. The van der Waals surface area contributed by atoms with E-state index in [1.807, 2.05) is 6.92 Å². The van der Waals surface area contributed by atoms with Gasteiger partial charge in [-0.05, 0) is 42.8 Å². The molecular weight excluding hydrogens is 321 g/mol. The van der Waals surface area contributed by atoms with Gasteiger partial charge < -0.3 is 5.11 Å². The number of hydrogen-bond donors (Lipinski definition) is 2. The molecule has 0 saturated heterocycles. The van der Waals surface area contributed by atoms with Crippen LogP contribution in [0, 0.1) is 0 Å². The van der Waals surface area contributed by atoms with Gasteiger partial charge in [-0.15, -0.1) is 0 Å². The van der Waals surface area contributed by atoms with Gasteiger partial charge in [-0.1, -0.05) is 34.8 Å². The molecule has 104 valence electrons. The summed E-state index contributed by atoms with van der Waals surface area (Å²) in [4.78, 5) is 4.00. The molecule has 0 radical (unpaired) electrons. The van der Waals surface area contributed by atoms with Crippen molar-refractivity contribution in [3.8, 4) is 5.75 Å². The normalized spacial score (nSPS) is 11.5. The Morgan fingerprint density at radius 3 is 2.45 bits per heavy atom. The number of rotatable bonds is 3. The van der Waals surface area contributed by atoms with Crippen molar-refractivity contribution < 1.29 is 5.11 Å². The van der Waals surface area contributed by atoms with Gasteiger partial charge in [0.1, 0.15) is 10.9 Å². The number of halogens is 3. The van der Waals surface area contributed by atoms with Crippen LogP contribution in [0.1, 0.15) is 12.5 Å². The molecule has 20 heavy (non-hydrogen) atoms. The lowest BCUT2D eigenvalue weighted by Gasteiger charge is -2.06. The Morgan fingerprint density at radius 2 is 1.80 bits per heavy atom. The van der Waals surface area contributed by atoms with Crippen LogP contribution in [0.5, 0.6) is 5.75 Å². The molecule has 0 aliphatic heterocycles. The highest BCUT2D eigenvalue weighted by atomic mass is 35.5. The summed E-state index contributed by atoms with van der Waals surface area (Å²) >= 11 is 17.6. The fraction of sp³-hybridized carbons (Fsp3) is 0.0769. The third kappa shape index (κ3) is 3.54. The fourth-order valence-electron chi connectivity index (χ4n) is 1.43. The fourth-order valence-corrected chi connectivity index (χ4v) is 1.97. The molecule has 0 aliphatic rings. The predicted octanol–water partition coefficient (Wildman–Crippen LogP) is 4.58. The molecule has 0 saturated carbocycles. The Kier molecular flexibility index (Phi) is 4.70. The van der Waals surface area contributed by atoms with Gasteiger partial charge in [0.05, 0.1) is 15.8 Å². The van der Waals surface area contributed by atoms with Crippen LogP contribution in [0.3, 0.4) is 0 Å². The first-order valence-corrected chi connectivity index (χ1v) is 6.72. The van der Waals surface area contributed by atoms with Crippen LogP contribution in [0.2, 0.25) is 15.2 Å². The van der Waals surface area contributed by atoms with Crippen LogP contribution in [0.25, 0.3) is 0 Å². The second-order valence-electron chi connectivity index (χ2n) is 3.95. The first kappa shape index (κ1) is 14.9. The maximum absolute atomic E-state index is 9.23. The molecule has 7 heteroatoms. The molecule has 0 atom stereocenters. The summed E-state index contributed by atoms with van der Waals surface area (Å²) in [5.74, 6) is 0.517. The van der Waals surface area contributed by atoms with Gasteiger partial charge >= 0.3 is 0 Å². The van der Waals surface area contributed by atoms with E-state index in [0.717, 1.165) is 5.56 Å². The molecule has 2 N–H and O–H groups in total. The molecule has 0 aliphatic carbocycles. The Hall–Kier alpha value is -1.49. The molecular formula is C13H10Cl3N3O. The molecule has 0 unspecified atom stereocenters. The summed E-state index contributed by atoms with van der Waals surface area (Å²) in [6, 6.07) is 8.16. The monoisotopic (exact) mass is 329 g/mol. The van der Waals surface area contributed by atoms with E-state index in [4.69, 9.17) is 34.8 Å². The summed E-state index contributed by atoms with van der Waals surface area (Å²) in [5, 5.41) is 14.1. The van der Waals surface area contributed by atoms with Crippen molar-refractivity contribution in [2.24, 2.45) is 5.10 Å². The van der Waals surface area contributed by atoms with Crippen LogP contribution >= 0.6 is 34.8 Å². The quantitative estimate of drug-likeness (QED) is 0.492. The molecule has 4 nitrogen and oxygen atoms in total. The van der Waals surface area contributed by atoms with Crippen molar-refractivity contribution in [3.63, 3.8) is 0 Å². The van der Waals surface area contributed by atoms with Crippen molar-refractivity contribution in [2.75, 3.05) is 5.43 Å². The van der Waals surface area contributed by atoms with Gasteiger partial charge in [-0.3, -0.25) is 5.43 Å². The topological polar surface area (TPSA) is 57.5 Å². The van der Waals surface area contributed by atoms with Gasteiger partial charge in [0.25, 0.3) is 0 Å². The second kappa shape index (κ2) is 6.31. The Bertz CT molecular complexity index is 657. The number of hydrogen-bond acceptors (Lipinski definition) is 4. The number of aromatic nitrogens is 1. The van der Waals surface area contributed by atoms with Gasteiger partial charge in [0.15, 0.2) is 5.82 Å². The number of hydrazone groups is 1. The average molecular weight is 331 g/mol. The minimum absolute atomic E-state index is 0.149. The highest BCUT2D eigenvalue weighted by molar-refractivity contribution is 6.42. The molecule has 0 spiro atoms. The number of nitrogens with zero attached hydrogens (tertiary/aromatic N) is 2. The molecule has 2 aromatic rings. The number of nitrogens with one attached hydrogen (secondary N) is 1. The van der Waals surface area contributed by atoms with Crippen LogP contribution in [0.15, 0.2) is 35.4 Å². The molecule has 0 fully saturated rings. The molecule has 1 aromatic carbocycles. The molecule has 0 amide bonds. The molecule has 1 heterocycles. The minimum atomic E-state index is 0.149. The van der Waals surface area contributed by atoms with E-state index >= 15 is 0 Å². The van der Waals surface area contributed by atoms with Crippen molar-refractivity contribution in [1.82, 2.24) is 4.98 Å². The van der Waals surface area contributed by atoms with Gasteiger partial charge in [-0.25, -0.2) is 4.98 Å². The van der Waals surface area contributed by atoms with E-state index in [0.29, 0.717) is 16.6 Å². The highest BCUT2D eigenvalue weighted by Crippen LogP contribution is 2.28. The van der Waals surface area contributed by atoms with Crippen LogP contribution in [0.4, 0.5) is 5.82 Å². The Labute approximate surface area is 131 Å². The number of benzene rings is 1. The zero-order valence-corrected chi connectivity index (χ0v) is 12.6. The van der Waals surface area contributed by atoms with Crippen molar-refractivity contribution in [2.45, 2.75) is 6.92 Å². The number of phenols is 1. The van der Waals surface area contributed by atoms with Crippen LogP contribution in [-0.2, 0) is 0 Å². The molecule has 0 bridgehead atoms. The summed E-state index contributed by atoms with van der Waals surface area (Å²) < 4.78 is 0. The van der Waals surface area contributed by atoms with Crippen molar-refractivity contribution in [3.05, 3.63) is 51.1 Å². The van der Waals surface area contributed by atoms with Gasteiger partial charge in [0, 0.05) is 0 Å². The zero-order valence-electron chi connectivity index (χ0n) is 10.4. The first-order chi connectivity index (χ1) is 9.47. The summed E-state index contributed by atoms with van der Waals surface area (Å²) in [7, 11) is 0. The third-order valence-corrected chi connectivity index (χ3v) is 3.46. The molecule has 2 rings (SSSR count). The summed E-state index contributed by atoms with van der Waals surface area (Å²) in [5.41, 5.74) is 4.29. The standard InChI is InChI=1S/C13H10Cl3N3O/c1-7(8-2-4-9(20)5-3-8)18-19-13-11(15)6-10(14)12(16)17-13/h2-6,20H,1H3,(H,17,19)/b18-7+. The van der Waals surface area contributed by atoms with E-state index in [9.17, 15) is 5.11 Å². The van der Waals surface area contributed by atoms with Crippen molar-refractivity contribution in [1.29, 1.82) is 0 Å². The van der Waals surface area contributed by atoms with E-state index in [-0.39, 0.29) is 15.9 Å². The zero-order chi connectivity index (χ0) is 14.7. The lowest BCUT2D eigenvalue weighted by Crippen LogP contribution is -2.01. The largest absolute Gasteiger partial charge is 0.508 e. The van der Waals surface area contributed by atoms with E-state index in [1.54, 1.807) is 24.3 Å². The lowest BCUT2D eigenvalue weighted by atomic mass is 10.1. The maximum Gasteiger partial charge on any atom is 0.166 e. The van der Waals surface area contributed by atoms with E-state index in [2.05, 4.69) is 15.5 Å². The SMILES string of the molecule is C/C(=N\Nc1nc(Cl)c(Cl)cc1Cl)c1ccc(O)cc1. The van der Waals surface area contributed by atoms with Gasteiger partial charge in [0.2, 0.25) is 0 Å². The smallest absolute Gasteiger partial charge is 0.166 e. The van der Waals surface area contributed by atoms with E-state index < -0.39 is 0 Å². The summed E-state index contributed by atoms with van der Waals surface area (Å²) in [6.07, 6.45) is 0. The highest BCUT2D eigenvalue weighted by Gasteiger charge is 2.07. The Balaban J connectivity index is 2.20. The molecule has 1 aromatic heterocycles. The lowest BCUT2D eigenvalue weighted by molar-refractivity contribution is 0.475. The number of pyridine rings is 1. The third-order valence-electron chi connectivity index (χ3n) is 2.50. The number of phenolic OH excluding ortho intramolecular Hbond substituents is 1. The van der Waals surface area contributed by atoms with Crippen LogP contribution in [-0.4, -0.2) is 15.8 Å². The van der Waals surface area contributed by atoms with Gasteiger partial charge in [-0.2, -0.15) is 5.10 Å². The summed E-state index contributed by atoms with van der Waals surface area (Å²) in [6.45, 7) is 1.81. The predicted molar refractivity (Wildman–Crippen MR) is 83.2 cm³/mol. The van der Waals surface area contributed by atoms with E-state index in [1.165, 1.54) is 6.07 Å². The van der Waals surface area contributed by atoms with Crippen molar-refractivity contribution >= 4 is 46.3 Å². The number of aromatic hydroxyl groups is 1. The first-order valence-electron chi connectivity index (χ1n) is 5.58. The number of anilines is 1.